The molecule has 9 nitrogen and oxygen atoms in total. The van der Waals surface area contributed by atoms with Gasteiger partial charge >= 0.3 is 5.97 Å². The number of nitrogens with zero attached hydrogens (tertiary/aromatic N) is 5. The highest BCUT2D eigenvalue weighted by molar-refractivity contribution is 5.71. The van der Waals surface area contributed by atoms with Crippen molar-refractivity contribution in [3.8, 4) is 22.8 Å². The number of hydrogen-bond acceptors (Lipinski definition) is 7. The topological polar surface area (TPSA) is 113 Å². The van der Waals surface area contributed by atoms with Gasteiger partial charge in [0.1, 0.15) is 6.54 Å². The van der Waals surface area contributed by atoms with Crippen LogP contribution < -0.4 is 0 Å². The number of nitro groups is 1. The second-order valence-corrected chi connectivity index (χ2v) is 5.26. The Labute approximate surface area is 148 Å². The molecule has 0 aliphatic heterocycles. The molecule has 0 bridgehead atoms. The minimum Gasteiger partial charge on any atom is -0.465 e. The predicted molar refractivity (Wildman–Crippen MR) is 92.0 cm³/mol. The minimum atomic E-state index is -0.477. The summed E-state index contributed by atoms with van der Waals surface area (Å²) in [6.07, 6.45) is 3.24. The van der Waals surface area contributed by atoms with Gasteiger partial charge in [-0.25, -0.2) is 9.67 Å². The van der Waals surface area contributed by atoms with Gasteiger partial charge in [0.2, 0.25) is 0 Å². The van der Waals surface area contributed by atoms with Crippen LogP contribution >= 0.6 is 0 Å². The molecule has 3 aromatic rings. The highest BCUT2D eigenvalue weighted by Crippen LogP contribution is 2.24. The molecule has 0 unspecified atom stereocenters. The van der Waals surface area contributed by atoms with E-state index in [1.807, 2.05) is 0 Å². The maximum absolute atomic E-state index is 11.9. The molecule has 0 spiro atoms. The van der Waals surface area contributed by atoms with Gasteiger partial charge in [0.05, 0.1) is 11.5 Å². The molecule has 1 aromatic carbocycles. The van der Waals surface area contributed by atoms with Crippen molar-refractivity contribution < 1.29 is 14.5 Å². The summed E-state index contributed by atoms with van der Waals surface area (Å²) < 4.78 is 6.40. The zero-order valence-corrected chi connectivity index (χ0v) is 13.9. The SMILES string of the molecule is CCOC(=O)Cn1nc(-c2ccncc2)nc1-c1ccc([N+](=O)[O-])cc1. The summed E-state index contributed by atoms with van der Waals surface area (Å²) in [5, 5.41) is 15.2. The molecule has 2 heterocycles. The first-order valence-corrected chi connectivity index (χ1v) is 7.84. The largest absolute Gasteiger partial charge is 0.465 e. The van der Waals surface area contributed by atoms with Crippen molar-refractivity contribution in [3.05, 3.63) is 58.9 Å². The minimum absolute atomic E-state index is 0.0282. The normalized spacial score (nSPS) is 10.5. The molecule has 3 rings (SSSR count). The molecule has 0 atom stereocenters. The number of nitro benzene ring substituents is 1. The Morgan fingerprint density at radius 1 is 1.15 bits per heavy atom. The summed E-state index contributed by atoms with van der Waals surface area (Å²) in [5.74, 6) is 0.395. The van der Waals surface area contributed by atoms with Crippen LogP contribution in [0, 0.1) is 10.1 Å². The Bertz CT molecular complexity index is 922. The van der Waals surface area contributed by atoms with E-state index in [1.54, 1.807) is 43.6 Å². The average molecular weight is 353 g/mol. The Morgan fingerprint density at radius 2 is 1.85 bits per heavy atom. The third-order valence-electron chi connectivity index (χ3n) is 3.53. The van der Waals surface area contributed by atoms with E-state index >= 15 is 0 Å². The Hall–Kier alpha value is -3.62. The molecule has 0 saturated carbocycles. The molecule has 0 fully saturated rings. The van der Waals surface area contributed by atoms with Crippen LogP contribution in [0.2, 0.25) is 0 Å². The molecule has 0 N–H and O–H groups in total. The molecular formula is C17H15N5O4. The lowest BCUT2D eigenvalue weighted by molar-refractivity contribution is -0.384. The fourth-order valence-electron chi connectivity index (χ4n) is 2.35. The number of non-ortho nitro benzene ring substituents is 1. The summed E-state index contributed by atoms with van der Waals surface area (Å²) >= 11 is 0. The number of esters is 1. The van der Waals surface area contributed by atoms with Crippen LogP contribution in [0.15, 0.2) is 48.8 Å². The first-order valence-electron chi connectivity index (χ1n) is 7.84. The number of carbonyl (C=O) groups is 1. The molecule has 2 aromatic heterocycles. The van der Waals surface area contributed by atoms with Crippen LogP contribution in [0.5, 0.6) is 0 Å². The summed E-state index contributed by atoms with van der Waals surface area (Å²) in [7, 11) is 0. The van der Waals surface area contributed by atoms with Gasteiger partial charge < -0.3 is 4.74 Å². The maximum Gasteiger partial charge on any atom is 0.327 e. The average Bonchev–Trinajstić information content (AvgIpc) is 3.06. The third kappa shape index (κ3) is 3.72. The van der Waals surface area contributed by atoms with E-state index in [-0.39, 0.29) is 18.8 Å². The van der Waals surface area contributed by atoms with E-state index in [0.717, 1.165) is 5.56 Å². The van der Waals surface area contributed by atoms with Crippen molar-refractivity contribution in [1.29, 1.82) is 0 Å². The van der Waals surface area contributed by atoms with Gasteiger partial charge in [0, 0.05) is 35.7 Å². The lowest BCUT2D eigenvalue weighted by Gasteiger charge is -2.05. The molecule has 0 amide bonds. The van der Waals surface area contributed by atoms with Crippen molar-refractivity contribution in [3.63, 3.8) is 0 Å². The zero-order valence-electron chi connectivity index (χ0n) is 13.9. The number of benzene rings is 1. The van der Waals surface area contributed by atoms with Gasteiger partial charge in [0.25, 0.3) is 5.69 Å². The Morgan fingerprint density at radius 3 is 2.46 bits per heavy atom. The first-order chi connectivity index (χ1) is 12.6. The van der Waals surface area contributed by atoms with Gasteiger partial charge in [-0.05, 0) is 31.2 Å². The van der Waals surface area contributed by atoms with E-state index in [4.69, 9.17) is 4.74 Å². The fraction of sp³-hybridized carbons (Fsp3) is 0.176. The number of aromatic nitrogens is 4. The maximum atomic E-state index is 11.9. The van der Waals surface area contributed by atoms with Crippen molar-refractivity contribution in [2.45, 2.75) is 13.5 Å². The number of hydrogen-bond donors (Lipinski definition) is 0. The van der Waals surface area contributed by atoms with E-state index < -0.39 is 10.9 Å². The Balaban J connectivity index is 2.02. The molecule has 132 valence electrons. The van der Waals surface area contributed by atoms with Crippen molar-refractivity contribution in [1.82, 2.24) is 19.7 Å². The van der Waals surface area contributed by atoms with Gasteiger partial charge in [-0.1, -0.05) is 0 Å². The Kier molecular flexibility index (Phi) is 4.97. The smallest absolute Gasteiger partial charge is 0.327 e. The van der Waals surface area contributed by atoms with E-state index in [2.05, 4.69) is 15.1 Å². The van der Waals surface area contributed by atoms with Crippen LogP contribution in [-0.2, 0) is 16.1 Å². The summed E-state index contributed by atoms with van der Waals surface area (Å²) in [4.78, 5) is 30.7. The first kappa shape index (κ1) is 17.2. The number of rotatable bonds is 6. The van der Waals surface area contributed by atoms with E-state index in [9.17, 15) is 14.9 Å². The monoisotopic (exact) mass is 353 g/mol. The van der Waals surface area contributed by atoms with Gasteiger partial charge in [-0.2, -0.15) is 0 Å². The van der Waals surface area contributed by atoms with Gasteiger partial charge in [-0.3, -0.25) is 19.9 Å². The molecule has 9 heteroatoms. The van der Waals surface area contributed by atoms with Crippen LogP contribution in [0.3, 0.4) is 0 Å². The molecule has 0 radical (unpaired) electrons. The molecule has 0 aliphatic carbocycles. The molecule has 0 saturated heterocycles. The number of carbonyl (C=O) groups excluding carboxylic acids is 1. The highest BCUT2D eigenvalue weighted by Gasteiger charge is 2.17. The summed E-state index contributed by atoms with van der Waals surface area (Å²) in [5.41, 5.74) is 1.32. The van der Waals surface area contributed by atoms with Crippen LogP contribution in [0.4, 0.5) is 5.69 Å². The van der Waals surface area contributed by atoms with Crippen molar-refractivity contribution in [2.24, 2.45) is 0 Å². The van der Waals surface area contributed by atoms with Gasteiger partial charge in [-0.15, -0.1) is 5.10 Å². The second-order valence-electron chi connectivity index (χ2n) is 5.26. The second kappa shape index (κ2) is 7.51. The van der Waals surface area contributed by atoms with E-state index in [0.29, 0.717) is 17.2 Å². The summed E-state index contributed by atoms with van der Waals surface area (Å²) in [6.45, 7) is 1.87. The lowest BCUT2D eigenvalue weighted by Crippen LogP contribution is -2.15. The number of ether oxygens (including phenoxy) is 1. The van der Waals surface area contributed by atoms with Crippen molar-refractivity contribution in [2.75, 3.05) is 6.61 Å². The standard InChI is InChI=1S/C17H15N5O4/c1-2-26-15(23)11-21-17(13-3-5-14(6-4-13)22(24)25)19-16(20-21)12-7-9-18-10-8-12/h3-10H,2,11H2,1H3. The zero-order chi connectivity index (χ0) is 18.5. The molecular weight excluding hydrogens is 338 g/mol. The van der Waals surface area contributed by atoms with Crippen LogP contribution in [-0.4, -0.2) is 37.2 Å². The third-order valence-corrected chi connectivity index (χ3v) is 3.53. The lowest BCUT2D eigenvalue weighted by atomic mass is 10.2. The van der Waals surface area contributed by atoms with E-state index in [1.165, 1.54) is 16.8 Å². The highest BCUT2D eigenvalue weighted by atomic mass is 16.6. The molecule has 0 aliphatic rings. The van der Waals surface area contributed by atoms with Crippen molar-refractivity contribution >= 4 is 11.7 Å². The predicted octanol–water partition coefficient (Wildman–Crippen LogP) is 2.48. The fourth-order valence-corrected chi connectivity index (χ4v) is 2.35. The van der Waals surface area contributed by atoms with Gasteiger partial charge in [0.15, 0.2) is 11.6 Å². The molecule has 26 heavy (non-hydrogen) atoms. The summed E-state index contributed by atoms with van der Waals surface area (Å²) in [6, 6.07) is 9.41. The quantitative estimate of drug-likeness (QED) is 0.380. The van der Waals surface area contributed by atoms with Crippen LogP contribution in [0.25, 0.3) is 22.8 Å². The number of pyridine rings is 1. The van der Waals surface area contributed by atoms with Crippen LogP contribution in [0.1, 0.15) is 6.92 Å².